The molecule has 3 heterocycles. The van der Waals surface area contributed by atoms with Gasteiger partial charge in [-0.25, -0.2) is 4.79 Å². The number of para-hydroxylation sites is 2. The Balaban J connectivity index is 1.55. The van der Waals surface area contributed by atoms with E-state index in [1.807, 2.05) is 37.3 Å². The molecular formula is C18H21N3O3. The van der Waals surface area contributed by atoms with Crippen LogP contribution in [-0.4, -0.2) is 27.7 Å². The number of benzene rings is 1. The second kappa shape index (κ2) is 6.28. The molecule has 0 amide bonds. The molecule has 4 rings (SSSR count). The standard InChI is InChI=1S/C18H21N3O3/c1-13-12-14(19-24-13)15-6-4-5-9-20(15)10-11-21-16-7-2-3-8-17(16)23-18(21)22/h2-3,7-8,12,15H,4-6,9-11H2,1H3/t15-/m1/s1. The van der Waals surface area contributed by atoms with Crippen LogP contribution in [0.1, 0.15) is 36.8 Å². The van der Waals surface area contributed by atoms with E-state index in [1.54, 1.807) is 4.57 Å². The molecule has 0 bridgehead atoms. The summed E-state index contributed by atoms with van der Waals surface area (Å²) in [6.07, 6.45) is 3.45. The topological polar surface area (TPSA) is 64.4 Å². The van der Waals surface area contributed by atoms with Crippen LogP contribution in [0.4, 0.5) is 0 Å². The Labute approximate surface area is 139 Å². The highest BCUT2D eigenvalue weighted by Gasteiger charge is 2.26. The summed E-state index contributed by atoms with van der Waals surface area (Å²) >= 11 is 0. The lowest BCUT2D eigenvalue weighted by Gasteiger charge is -2.34. The third kappa shape index (κ3) is 2.78. The van der Waals surface area contributed by atoms with Crippen molar-refractivity contribution in [3.05, 3.63) is 52.3 Å². The first kappa shape index (κ1) is 15.2. The molecule has 3 aromatic rings. The van der Waals surface area contributed by atoms with Gasteiger partial charge in [-0.2, -0.15) is 0 Å². The third-order valence-corrected chi connectivity index (χ3v) is 4.79. The van der Waals surface area contributed by atoms with Crippen LogP contribution < -0.4 is 5.76 Å². The quantitative estimate of drug-likeness (QED) is 0.736. The van der Waals surface area contributed by atoms with E-state index in [4.69, 9.17) is 8.94 Å². The second-order valence-electron chi connectivity index (χ2n) is 6.40. The zero-order valence-corrected chi connectivity index (χ0v) is 13.8. The van der Waals surface area contributed by atoms with Crippen molar-refractivity contribution in [3.8, 4) is 0 Å². The van der Waals surface area contributed by atoms with Crippen LogP contribution in [0, 0.1) is 6.92 Å². The van der Waals surface area contributed by atoms with E-state index in [0.717, 1.165) is 36.5 Å². The number of hydrogen-bond donors (Lipinski definition) is 0. The molecule has 1 fully saturated rings. The van der Waals surface area contributed by atoms with Gasteiger partial charge < -0.3 is 8.94 Å². The first-order valence-corrected chi connectivity index (χ1v) is 8.48. The molecule has 0 radical (unpaired) electrons. The largest absolute Gasteiger partial charge is 0.419 e. The normalized spacial score (nSPS) is 19.1. The summed E-state index contributed by atoms with van der Waals surface area (Å²) in [5.74, 6) is 0.551. The highest BCUT2D eigenvalue weighted by Crippen LogP contribution is 2.30. The van der Waals surface area contributed by atoms with Crippen molar-refractivity contribution in [1.29, 1.82) is 0 Å². The van der Waals surface area contributed by atoms with Crippen molar-refractivity contribution in [3.63, 3.8) is 0 Å². The summed E-state index contributed by atoms with van der Waals surface area (Å²) < 4.78 is 12.3. The fourth-order valence-corrected chi connectivity index (χ4v) is 3.59. The van der Waals surface area contributed by atoms with Gasteiger partial charge in [0.15, 0.2) is 5.58 Å². The highest BCUT2D eigenvalue weighted by atomic mass is 16.5. The minimum Gasteiger partial charge on any atom is -0.408 e. The molecule has 6 heteroatoms. The zero-order chi connectivity index (χ0) is 16.5. The Morgan fingerprint density at radius 3 is 2.96 bits per heavy atom. The molecule has 1 saturated heterocycles. The number of hydrogen-bond acceptors (Lipinski definition) is 5. The van der Waals surface area contributed by atoms with Crippen molar-refractivity contribution in [2.24, 2.45) is 0 Å². The third-order valence-electron chi connectivity index (χ3n) is 4.79. The van der Waals surface area contributed by atoms with Crippen molar-refractivity contribution in [2.75, 3.05) is 13.1 Å². The average Bonchev–Trinajstić information content (AvgIpc) is 3.16. The van der Waals surface area contributed by atoms with Crippen LogP contribution in [-0.2, 0) is 6.54 Å². The number of nitrogens with zero attached hydrogens (tertiary/aromatic N) is 3. The lowest BCUT2D eigenvalue weighted by molar-refractivity contribution is 0.136. The molecule has 0 unspecified atom stereocenters. The summed E-state index contributed by atoms with van der Waals surface area (Å²) in [5, 5.41) is 4.20. The van der Waals surface area contributed by atoms with Gasteiger partial charge in [-0.1, -0.05) is 23.7 Å². The molecule has 24 heavy (non-hydrogen) atoms. The van der Waals surface area contributed by atoms with Crippen LogP contribution in [0.3, 0.4) is 0 Å². The van der Waals surface area contributed by atoms with E-state index in [-0.39, 0.29) is 11.8 Å². The van der Waals surface area contributed by atoms with Crippen molar-refractivity contribution >= 4 is 11.1 Å². The maximum absolute atomic E-state index is 12.1. The summed E-state index contributed by atoms with van der Waals surface area (Å²) in [5.41, 5.74) is 2.50. The van der Waals surface area contributed by atoms with Crippen LogP contribution >= 0.6 is 0 Å². The number of aryl methyl sites for hydroxylation is 1. The van der Waals surface area contributed by atoms with E-state index < -0.39 is 0 Å². The molecule has 126 valence electrons. The first-order valence-electron chi connectivity index (χ1n) is 8.48. The first-order chi connectivity index (χ1) is 11.7. The molecule has 1 atom stereocenters. The Bertz CT molecular complexity index is 892. The van der Waals surface area contributed by atoms with Crippen LogP contribution in [0.5, 0.6) is 0 Å². The zero-order valence-electron chi connectivity index (χ0n) is 13.8. The van der Waals surface area contributed by atoms with E-state index >= 15 is 0 Å². The fraction of sp³-hybridized carbons (Fsp3) is 0.444. The van der Waals surface area contributed by atoms with Gasteiger partial charge in [0.2, 0.25) is 0 Å². The number of rotatable bonds is 4. The predicted octanol–water partition coefficient (Wildman–Crippen LogP) is 3.12. The molecule has 0 saturated carbocycles. The molecule has 0 N–H and O–H groups in total. The minimum atomic E-state index is -0.290. The lowest BCUT2D eigenvalue weighted by Crippen LogP contribution is -2.37. The molecule has 1 aliphatic rings. The van der Waals surface area contributed by atoms with Crippen molar-refractivity contribution in [1.82, 2.24) is 14.6 Å². The molecule has 6 nitrogen and oxygen atoms in total. The number of fused-ring (bicyclic) bond motifs is 1. The smallest absolute Gasteiger partial charge is 0.408 e. The van der Waals surface area contributed by atoms with Crippen molar-refractivity contribution < 1.29 is 8.94 Å². The maximum Gasteiger partial charge on any atom is 0.419 e. The molecular weight excluding hydrogens is 306 g/mol. The molecule has 1 aliphatic heterocycles. The minimum absolute atomic E-state index is 0.269. The van der Waals surface area contributed by atoms with Gasteiger partial charge in [-0.05, 0) is 38.4 Å². The molecule has 1 aromatic carbocycles. The average molecular weight is 327 g/mol. The molecule has 2 aromatic heterocycles. The monoisotopic (exact) mass is 327 g/mol. The number of oxazole rings is 1. The van der Waals surface area contributed by atoms with Gasteiger partial charge in [0.05, 0.1) is 11.6 Å². The fourth-order valence-electron chi connectivity index (χ4n) is 3.59. The maximum atomic E-state index is 12.1. The number of aromatic nitrogens is 2. The number of piperidine rings is 1. The van der Waals surface area contributed by atoms with E-state index in [9.17, 15) is 4.79 Å². The van der Waals surface area contributed by atoms with Crippen molar-refractivity contribution in [2.45, 2.75) is 38.8 Å². The molecule has 0 aliphatic carbocycles. The van der Waals surface area contributed by atoms with Crippen LogP contribution in [0.25, 0.3) is 11.1 Å². The van der Waals surface area contributed by atoms with Gasteiger partial charge in [0.1, 0.15) is 11.5 Å². The Hall–Kier alpha value is -2.34. The molecule has 0 spiro atoms. The van der Waals surface area contributed by atoms with Gasteiger partial charge in [0.25, 0.3) is 0 Å². The Kier molecular flexibility index (Phi) is 3.98. The Morgan fingerprint density at radius 2 is 2.12 bits per heavy atom. The highest BCUT2D eigenvalue weighted by molar-refractivity contribution is 5.72. The second-order valence-corrected chi connectivity index (χ2v) is 6.40. The summed E-state index contributed by atoms with van der Waals surface area (Å²) in [6.45, 7) is 4.34. The van der Waals surface area contributed by atoms with Gasteiger partial charge in [-0.3, -0.25) is 9.47 Å². The summed E-state index contributed by atoms with van der Waals surface area (Å²) in [4.78, 5) is 14.5. The van der Waals surface area contributed by atoms with Crippen LogP contribution in [0.2, 0.25) is 0 Å². The Morgan fingerprint density at radius 1 is 1.25 bits per heavy atom. The predicted molar refractivity (Wildman–Crippen MR) is 89.9 cm³/mol. The van der Waals surface area contributed by atoms with Gasteiger partial charge in [-0.15, -0.1) is 0 Å². The van der Waals surface area contributed by atoms with E-state index in [1.165, 1.54) is 12.8 Å². The number of likely N-dealkylation sites (tertiary alicyclic amines) is 1. The lowest BCUT2D eigenvalue weighted by atomic mass is 9.99. The van der Waals surface area contributed by atoms with Gasteiger partial charge >= 0.3 is 5.76 Å². The SMILES string of the molecule is Cc1cc([C@H]2CCCCN2CCn2c(=O)oc3ccccc32)no1. The van der Waals surface area contributed by atoms with E-state index in [0.29, 0.717) is 12.1 Å². The van der Waals surface area contributed by atoms with Gasteiger partial charge in [0, 0.05) is 19.2 Å². The van der Waals surface area contributed by atoms with Crippen LogP contribution in [0.15, 0.2) is 44.1 Å². The summed E-state index contributed by atoms with van der Waals surface area (Å²) in [6, 6.07) is 9.84. The van der Waals surface area contributed by atoms with E-state index in [2.05, 4.69) is 10.1 Å². The summed E-state index contributed by atoms with van der Waals surface area (Å²) in [7, 11) is 0.